The molecular weight excluding hydrogens is 298 g/mol. The molecule has 3 aromatic rings. The summed E-state index contributed by atoms with van der Waals surface area (Å²) in [7, 11) is 0. The third-order valence-electron chi connectivity index (χ3n) is 4.18. The Labute approximate surface area is 141 Å². The number of nitrogens with one attached hydrogen (secondary N) is 1. The molecule has 4 heteroatoms. The van der Waals surface area contributed by atoms with E-state index in [0.29, 0.717) is 11.3 Å². The first kappa shape index (κ1) is 16.1. The molecule has 0 aliphatic rings. The first-order valence-corrected chi connectivity index (χ1v) is 8.23. The minimum absolute atomic E-state index is 0.103. The summed E-state index contributed by atoms with van der Waals surface area (Å²) in [6.45, 7) is 6.07. The number of aromatic nitrogens is 2. The summed E-state index contributed by atoms with van der Waals surface area (Å²) < 4.78 is 0. The van der Waals surface area contributed by atoms with Gasteiger partial charge in [0.15, 0.2) is 0 Å². The number of fused-ring (bicyclic) bond motifs is 1. The van der Waals surface area contributed by atoms with Crippen LogP contribution >= 0.6 is 0 Å². The summed E-state index contributed by atoms with van der Waals surface area (Å²) in [4.78, 5) is 13.0. The fraction of sp³-hybridized carbons (Fsp3) is 0.250. The zero-order valence-corrected chi connectivity index (χ0v) is 14.2. The van der Waals surface area contributed by atoms with Crippen LogP contribution in [-0.4, -0.2) is 22.1 Å². The van der Waals surface area contributed by atoms with Crippen molar-refractivity contribution in [1.82, 2.24) is 15.5 Å². The van der Waals surface area contributed by atoms with E-state index in [4.69, 9.17) is 0 Å². The largest absolute Gasteiger partial charge is 0.350 e. The van der Waals surface area contributed by atoms with Gasteiger partial charge >= 0.3 is 0 Å². The Morgan fingerprint density at radius 3 is 2.58 bits per heavy atom. The van der Waals surface area contributed by atoms with Crippen LogP contribution in [0.1, 0.15) is 36.2 Å². The third-order valence-corrected chi connectivity index (χ3v) is 4.18. The molecular formula is C20H21N3O. The van der Waals surface area contributed by atoms with Crippen LogP contribution in [0.2, 0.25) is 0 Å². The van der Waals surface area contributed by atoms with E-state index in [2.05, 4.69) is 22.4 Å². The van der Waals surface area contributed by atoms with Gasteiger partial charge in [0.25, 0.3) is 5.91 Å². The highest BCUT2D eigenvalue weighted by molar-refractivity contribution is 6.10. The number of carbonyl (C=O) groups is 1. The highest BCUT2D eigenvalue weighted by Crippen LogP contribution is 2.27. The number of hydrogen-bond acceptors (Lipinski definition) is 3. The van der Waals surface area contributed by atoms with Crippen LogP contribution in [0.25, 0.3) is 22.2 Å². The van der Waals surface area contributed by atoms with E-state index in [1.165, 1.54) is 0 Å². The maximum absolute atomic E-state index is 13.0. The average molecular weight is 319 g/mol. The Kier molecular flexibility index (Phi) is 4.56. The minimum atomic E-state index is -0.103. The third kappa shape index (κ3) is 3.13. The second-order valence-electron chi connectivity index (χ2n) is 6.09. The fourth-order valence-corrected chi connectivity index (χ4v) is 2.64. The van der Waals surface area contributed by atoms with Crippen LogP contribution < -0.4 is 5.32 Å². The topological polar surface area (TPSA) is 54.9 Å². The quantitative estimate of drug-likeness (QED) is 0.786. The summed E-state index contributed by atoms with van der Waals surface area (Å²) in [5.74, 6) is -0.103. The molecule has 0 aliphatic carbocycles. The van der Waals surface area contributed by atoms with Crippen molar-refractivity contribution in [2.75, 3.05) is 0 Å². The Balaban J connectivity index is 2.24. The summed E-state index contributed by atoms with van der Waals surface area (Å²) >= 11 is 0. The normalized spacial score (nSPS) is 12.1. The van der Waals surface area contributed by atoms with Crippen LogP contribution in [0, 0.1) is 6.92 Å². The molecule has 0 saturated carbocycles. The smallest absolute Gasteiger partial charge is 0.254 e. The van der Waals surface area contributed by atoms with Gasteiger partial charge in [0.2, 0.25) is 0 Å². The van der Waals surface area contributed by atoms with Crippen molar-refractivity contribution >= 4 is 16.8 Å². The number of rotatable bonds is 4. The summed E-state index contributed by atoms with van der Waals surface area (Å²) in [6, 6.07) is 15.7. The molecule has 1 unspecified atom stereocenters. The number of hydrogen-bond donors (Lipinski definition) is 1. The number of carbonyl (C=O) groups excluding carboxylic acids is 1. The molecule has 1 aromatic heterocycles. The van der Waals surface area contributed by atoms with Crippen LogP contribution in [0.15, 0.2) is 48.5 Å². The Morgan fingerprint density at radius 2 is 1.88 bits per heavy atom. The molecule has 4 nitrogen and oxygen atoms in total. The second-order valence-corrected chi connectivity index (χ2v) is 6.09. The van der Waals surface area contributed by atoms with Crippen molar-refractivity contribution in [2.24, 2.45) is 0 Å². The van der Waals surface area contributed by atoms with E-state index in [1.54, 1.807) is 0 Å². The van der Waals surface area contributed by atoms with Gasteiger partial charge in [-0.25, -0.2) is 0 Å². The second kappa shape index (κ2) is 6.79. The molecule has 1 N–H and O–H groups in total. The highest BCUT2D eigenvalue weighted by atomic mass is 16.1. The molecule has 24 heavy (non-hydrogen) atoms. The van der Waals surface area contributed by atoms with Crippen molar-refractivity contribution in [2.45, 2.75) is 33.2 Å². The van der Waals surface area contributed by atoms with Gasteiger partial charge in [-0.2, -0.15) is 0 Å². The Hall–Kier alpha value is -2.75. The van der Waals surface area contributed by atoms with Crippen LogP contribution in [0.4, 0.5) is 0 Å². The number of amides is 1. The molecule has 1 atom stereocenters. The van der Waals surface area contributed by atoms with Gasteiger partial charge in [0.05, 0.1) is 11.1 Å². The minimum Gasteiger partial charge on any atom is -0.350 e. The van der Waals surface area contributed by atoms with Crippen molar-refractivity contribution in [1.29, 1.82) is 0 Å². The molecule has 0 saturated heterocycles. The molecule has 1 heterocycles. The van der Waals surface area contributed by atoms with Gasteiger partial charge in [-0.3, -0.25) is 4.79 Å². The van der Waals surface area contributed by atoms with Crippen molar-refractivity contribution in [3.8, 4) is 11.3 Å². The van der Waals surface area contributed by atoms with E-state index in [1.807, 2.05) is 62.4 Å². The molecule has 0 fully saturated rings. The highest BCUT2D eigenvalue weighted by Gasteiger charge is 2.20. The standard InChI is InChI=1S/C20H21N3O/c1-4-14(3)21-20(24)18-16-12-13(2)10-11-17(16)22-23-19(18)15-8-6-5-7-9-15/h5-12,14H,4H2,1-3H3,(H,21,24). The van der Waals surface area contributed by atoms with Crippen molar-refractivity contribution < 1.29 is 4.79 Å². The lowest BCUT2D eigenvalue weighted by Crippen LogP contribution is -2.32. The van der Waals surface area contributed by atoms with Gasteiger partial charge in [-0.1, -0.05) is 48.9 Å². The number of aryl methyl sites for hydroxylation is 1. The van der Waals surface area contributed by atoms with E-state index < -0.39 is 0 Å². The number of nitrogens with zero attached hydrogens (tertiary/aromatic N) is 2. The maximum atomic E-state index is 13.0. The predicted octanol–water partition coefficient (Wildman–Crippen LogP) is 4.13. The lowest BCUT2D eigenvalue weighted by Gasteiger charge is -2.15. The molecule has 3 rings (SSSR count). The predicted molar refractivity (Wildman–Crippen MR) is 96.9 cm³/mol. The van der Waals surface area contributed by atoms with Gasteiger partial charge in [0, 0.05) is 17.0 Å². The van der Waals surface area contributed by atoms with Crippen molar-refractivity contribution in [3.63, 3.8) is 0 Å². The molecule has 0 spiro atoms. The first-order valence-electron chi connectivity index (χ1n) is 8.23. The van der Waals surface area contributed by atoms with E-state index in [-0.39, 0.29) is 11.9 Å². The SMILES string of the molecule is CCC(C)NC(=O)c1c(-c2ccccc2)nnc2ccc(C)cc12. The van der Waals surface area contributed by atoms with Crippen LogP contribution in [-0.2, 0) is 0 Å². The summed E-state index contributed by atoms with van der Waals surface area (Å²) in [6.07, 6.45) is 0.877. The van der Waals surface area contributed by atoms with Gasteiger partial charge < -0.3 is 5.32 Å². The zero-order chi connectivity index (χ0) is 17.1. The summed E-state index contributed by atoms with van der Waals surface area (Å²) in [5, 5.41) is 12.6. The van der Waals surface area contributed by atoms with Crippen LogP contribution in [0.3, 0.4) is 0 Å². The van der Waals surface area contributed by atoms with E-state index in [0.717, 1.165) is 28.5 Å². The van der Waals surface area contributed by atoms with E-state index in [9.17, 15) is 4.79 Å². The number of benzene rings is 2. The molecule has 0 aliphatic heterocycles. The van der Waals surface area contributed by atoms with Gasteiger partial charge in [-0.05, 0) is 32.4 Å². The first-order chi connectivity index (χ1) is 11.6. The Bertz CT molecular complexity index is 875. The zero-order valence-electron chi connectivity index (χ0n) is 14.2. The van der Waals surface area contributed by atoms with Crippen LogP contribution in [0.5, 0.6) is 0 Å². The van der Waals surface area contributed by atoms with Gasteiger partial charge in [0.1, 0.15) is 5.69 Å². The maximum Gasteiger partial charge on any atom is 0.254 e. The molecule has 0 bridgehead atoms. The van der Waals surface area contributed by atoms with E-state index >= 15 is 0 Å². The summed E-state index contributed by atoms with van der Waals surface area (Å²) in [5.41, 5.74) is 3.93. The average Bonchev–Trinajstić information content (AvgIpc) is 2.61. The fourth-order valence-electron chi connectivity index (χ4n) is 2.64. The molecule has 1 amide bonds. The molecule has 0 radical (unpaired) electrons. The van der Waals surface area contributed by atoms with Gasteiger partial charge in [-0.15, -0.1) is 10.2 Å². The molecule has 122 valence electrons. The Morgan fingerprint density at radius 1 is 1.12 bits per heavy atom. The lowest BCUT2D eigenvalue weighted by atomic mass is 10.00. The monoisotopic (exact) mass is 319 g/mol. The van der Waals surface area contributed by atoms with Crippen molar-refractivity contribution in [3.05, 3.63) is 59.7 Å². The molecule has 2 aromatic carbocycles. The lowest BCUT2D eigenvalue weighted by molar-refractivity contribution is 0.0941.